The van der Waals surface area contributed by atoms with E-state index in [9.17, 15) is 0 Å². The van der Waals surface area contributed by atoms with Crippen LogP contribution in [0, 0.1) is 11.8 Å². The molecule has 1 rings (SSSR count). The molecule has 0 aliphatic rings. The molecular weight excluding hydrogens is 224 g/mol. The lowest BCUT2D eigenvalue weighted by Crippen LogP contribution is -1.75. The summed E-state index contributed by atoms with van der Waals surface area (Å²) < 4.78 is 1.06. The van der Waals surface area contributed by atoms with Gasteiger partial charge in [0.15, 0.2) is 0 Å². The van der Waals surface area contributed by atoms with Gasteiger partial charge < -0.3 is 0 Å². The first-order valence-corrected chi connectivity index (χ1v) is 4.98. The molecule has 13 heavy (non-hydrogen) atoms. The van der Waals surface area contributed by atoms with E-state index in [0.717, 1.165) is 22.9 Å². The van der Waals surface area contributed by atoms with Crippen LogP contribution in [-0.4, -0.2) is 0 Å². The molecule has 0 bridgehead atoms. The first-order chi connectivity index (χ1) is 6.34. The van der Waals surface area contributed by atoms with Gasteiger partial charge in [0.1, 0.15) is 0 Å². The highest BCUT2D eigenvalue weighted by atomic mass is 79.9. The zero-order chi connectivity index (χ0) is 9.52. The maximum atomic E-state index is 3.65. The summed E-state index contributed by atoms with van der Waals surface area (Å²) in [5.41, 5.74) is 1.05. The monoisotopic (exact) mass is 234 g/mol. The molecule has 1 aromatic carbocycles. The van der Waals surface area contributed by atoms with Gasteiger partial charge in [0.05, 0.1) is 0 Å². The molecule has 0 radical (unpaired) electrons. The van der Waals surface area contributed by atoms with Crippen LogP contribution in [0.25, 0.3) is 0 Å². The van der Waals surface area contributed by atoms with Gasteiger partial charge in [-0.1, -0.05) is 30.0 Å². The van der Waals surface area contributed by atoms with E-state index in [1.165, 1.54) is 0 Å². The third-order valence-electron chi connectivity index (χ3n) is 1.57. The van der Waals surface area contributed by atoms with Crippen molar-refractivity contribution >= 4 is 15.9 Å². The summed E-state index contributed by atoms with van der Waals surface area (Å²) >= 11 is 3.44. The Morgan fingerprint density at radius 3 is 2.85 bits per heavy atom. The normalized spacial score (nSPS) is 8.69. The van der Waals surface area contributed by atoms with Crippen molar-refractivity contribution in [1.82, 2.24) is 0 Å². The minimum atomic E-state index is 0.880. The number of allylic oxidation sites excluding steroid dienone is 1. The van der Waals surface area contributed by atoms with Crippen molar-refractivity contribution in [1.29, 1.82) is 0 Å². The summed E-state index contributed by atoms with van der Waals surface area (Å²) in [6, 6.07) is 7.98. The lowest BCUT2D eigenvalue weighted by atomic mass is 10.2. The van der Waals surface area contributed by atoms with E-state index in [0.29, 0.717) is 0 Å². The Labute approximate surface area is 87.8 Å². The number of rotatable bonds is 2. The van der Waals surface area contributed by atoms with Crippen molar-refractivity contribution < 1.29 is 0 Å². The van der Waals surface area contributed by atoms with Gasteiger partial charge in [-0.05, 0) is 34.5 Å². The fourth-order valence-electron chi connectivity index (χ4n) is 0.895. The lowest BCUT2D eigenvalue weighted by molar-refractivity contribution is 1.09. The number of hydrogen-bond acceptors (Lipinski definition) is 0. The number of hydrogen-bond donors (Lipinski definition) is 0. The van der Waals surface area contributed by atoms with Crippen LogP contribution >= 0.6 is 15.9 Å². The number of benzene rings is 1. The minimum Gasteiger partial charge on any atom is -0.103 e. The highest BCUT2D eigenvalue weighted by Crippen LogP contribution is 2.14. The van der Waals surface area contributed by atoms with Crippen LogP contribution in [0.5, 0.6) is 0 Å². The molecule has 0 fully saturated rings. The van der Waals surface area contributed by atoms with Crippen molar-refractivity contribution in [2.24, 2.45) is 0 Å². The fraction of sp³-hybridized carbons (Fsp3) is 0.167. The molecule has 0 amide bonds. The highest BCUT2D eigenvalue weighted by Gasteiger charge is 1.91. The van der Waals surface area contributed by atoms with Crippen molar-refractivity contribution in [3.05, 3.63) is 47.0 Å². The largest absolute Gasteiger partial charge is 0.103 e. The summed E-state index contributed by atoms with van der Waals surface area (Å²) in [5, 5.41) is 0. The molecule has 0 saturated heterocycles. The first kappa shape index (κ1) is 10.1. The summed E-state index contributed by atoms with van der Waals surface area (Å²) in [6.07, 6.45) is 3.72. The van der Waals surface area contributed by atoms with E-state index in [1.54, 1.807) is 0 Å². The number of unbranched alkanes of at least 4 members (excludes halogenated alkanes) is 1. The summed E-state index contributed by atoms with van der Waals surface area (Å²) in [4.78, 5) is 0. The van der Waals surface area contributed by atoms with Crippen LogP contribution in [0.15, 0.2) is 41.4 Å². The van der Waals surface area contributed by atoms with E-state index in [-0.39, 0.29) is 0 Å². The van der Waals surface area contributed by atoms with Crippen molar-refractivity contribution in [2.75, 3.05) is 0 Å². The van der Waals surface area contributed by atoms with Crippen LogP contribution in [0.4, 0.5) is 0 Å². The summed E-state index contributed by atoms with van der Waals surface area (Å²) in [6.45, 7) is 3.65. The summed E-state index contributed by atoms with van der Waals surface area (Å²) in [5.74, 6) is 6.20. The van der Waals surface area contributed by atoms with Crippen LogP contribution < -0.4 is 0 Å². The maximum absolute atomic E-state index is 3.65. The zero-order valence-electron chi connectivity index (χ0n) is 7.39. The van der Waals surface area contributed by atoms with E-state index in [2.05, 4.69) is 34.3 Å². The van der Waals surface area contributed by atoms with Gasteiger partial charge in [-0.2, -0.15) is 0 Å². The van der Waals surface area contributed by atoms with Gasteiger partial charge in [0.2, 0.25) is 0 Å². The SMILES string of the molecule is C=CCCC#Cc1ccccc1Br. The van der Waals surface area contributed by atoms with Crippen LogP contribution in [0.3, 0.4) is 0 Å². The molecule has 0 saturated carbocycles. The second kappa shape index (κ2) is 5.61. The second-order valence-electron chi connectivity index (χ2n) is 2.61. The Hall–Kier alpha value is -1.000. The van der Waals surface area contributed by atoms with Gasteiger partial charge in [0, 0.05) is 16.5 Å². The Balaban J connectivity index is 2.66. The van der Waals surface area contributed by atoms with E-state index in [4.69, 9.17) is 0 Å². The van der Waals surface area contributed by atoms with E-state index >= 15 is 0 Å². The van der Waals surface area contributed by atoms with Crippen molar-refractivity contribution in [2.45, 2.75) is 12.8 Å². The quantitative estimate of drug-likeness (QED) is 0.416. The predicted octanol–water partition coefficient (Wildman–Crippen LogP) is 3.77. The average molecular weight is 235 g/mol. The molecule has 0 unspecified atom stereocenters. The fourth-order valence-corrected chi connectivity index (χ4v) is 1.28. The maximum Gasteiger partial charge on any atom is 0.0387 e. The Kier molecular flexibility index (Phi) is 4.35. The predicted molar refractivity (Wildman–Crippen MR) is 60.5 cm³/mol. The third-order valence-corrected chi connectivity index (χ3v) is 2.26. The van der Waals surface area contributed by atoms with Gasteiger partial charge in [-0.25, -0.2) is 0 Å². The summed E-state index contributed by atoms with van der Waals surface area (Å²) in [7, 11) is 0. The van der Waals surface area contributed by atoms with Gasteiger partial charge in [0.25, 0.3) is 0 Å². The van der Waals surface area contributed by atoms with Gasteiger partial charge >= 0.3 is 0 Å². The molecule has 0 aliphatic carbocycles. The molecule has 0 spiro atoms. The van der Waals surface area contributed by atoms with Crippen LogP contribution in [0.1, 0.15) is 18.4 Å². The molecule has 1 aromatic rings. The molecule has 0 N–H and O–H groups in total. The van der Waals surface area contributed by atoms with E-state index in [1.807, 2.05) is 30.3 Å². The molecule has 0 nitrogen and oxygen atoms in total. The lowest BCUT2D eigenvalue weighted by Gasteiger charge is -1.92. The molecule has 66 valence electrons. The standard InChI is InChI=1S/C12H11Br/c1-2-3-4-5-8-11-9-6-7-10-12(11)13/h2,6-7,9-10H,1,3-4H2. The van der Waals surface area contributed by atoms with Gasteiger partial charge in [-0.3, -0.25) is 0 Å². The van der Waals surface area contributed by atoms with Crippen LogP contribution in [0.2, 0.25) is 0 Å². The van der Waals surface area contributed by atoms with Gasteiger partial charge in [-0.15, -0.1) is 6.58 Å². The van der Waals surface area contributed by atoms with E-state index < -0.39 is 0 Å². The molecule has 0 aliphatic heterocycles. The molecule has 0 heterocycles. The average Bonchev–Trinajstić information content (AvgIpc) is 2.15. The second-order valence-corrected chi connectivity index (χ2v) is 3.46. The molecule has 0 aromatic heterocycles. The smallest absolute Gasteiger partial charge is 0.0387 e. The van der Waals surface area contributed by atoms with Crippen molar-refractivity contribution in [3.8, 4) is 11.8 Å². The first-order valence-electron chi connectivity index (χ1n) is 4.19. The van der Waals surface area contributed by atoms with Crippen LogP contribution in [-0.2, 0) is 0 Å². The molecule has 1 heteroatoms. The molecular formula is C12H11Br. The Bertz CT molecular complexity index is 342. The van der Waals surface area contributed by atoms with Crippen molar-refractivity contribution in [3.63, 3.8) is 0 Å². The Morgan fingerprint density at radius 2 is 2.15 bits per heavy atom. The number of halogens is 1. The third kappa shape index (κ3) is 3.48. The zero-order valence-corrected chi connectivity index (χ0v) is 8.97. The topological polar surface area (TPSA) is 0 Å². The Morgan fingerprint density at radius 1 is 1.38 bits per heavy atom. The minimum absolute atomic E-state index is 0.880. The molecule has 0 atom stereocenters. The highest BCUT2D eigenvalue weighted by molar-refractivity contribution is 9.10.